The molecule has 0 aromatic heterocycles. The number of benzene rings is 1. The van der Waals surface area contributed by atoms with E-state index in [0.717, 1.165) is 11.1 Å². The third kappa shape index (κ3) is 4.24. The van der Waals surface area contributed by atoms with E-state index >= 15 is 0 Å². The van der Waals surface area contributed by atoms with Crippen molar-refractivity contribution in [1.82, 2.24) is 0 Å². The average Bonchev–Trinajstić information content (AvgIpc) is 2.29. The number of aliphatic carboxylic acids is 1. The summed E-state index contributed by atoms with van der Waals surface area (Å²) in [5.74, 6) is -0.730. The molecule has 0 aliphatic heterocycles. The van der Waals surface area contributed by atoms with E-state index < -0.39 is 12.1 Å². The second kappa shape index (κ2) is 6.06. The molecule has 0 bridgehead atoms. The number of phenolic OH excluding ortho intramolecular Hbond substituents is 1. The van der Waals surface area contributed by atoms with Gasteiger partial charge in [0, 0.05) is 13.0 Å². The number of aromatic hydroxyl groups is 1. The summed E-state index contributed by atoms with van der Waals surface area (Å²) in [6.45, 7) is 8.14. The first kappa shape index (κ1) is 15.5. The van der Waals surface area contributed by atoms with E-state index in [2.05, 4.69) is 0 Å². The first-order valence-electron chi connectivity index (χ1n) is 6.42. The molecular formula is C15H22O4. The largest absolute Gasteiger partial charge is 0.508 e. The van der Waals surface area contributed by atoms with Crippen molar-refractivity contribution in [1.29, 1.82) is 0 Å². The fourth-order valence-corrected chi connectivity index (χ4v) is 1.94. The molecule has 106 valence electrons. The van der Waals surface area contributed by atoms with Gasteiger partial charge in [-0.3, -0.25) is 0 Å². The molecule has 0 amide bonds. The summed E-state index contributed by atoms with van der Waals surface area (Å²) >= 11 is 0. The van der Waals surface area contributed by atoms with Crippen LogP contribution in [0.1, 0.15) is 38.8 Å². The van der Waals surface area contributed by atoms with Crippen molar-refractivity contribution < 1.29 is 19.7 Å². The standard InChI is InChI=1S/C15H22O4/c1-5-19-13(14(17)18)9-10-6-7-12(16)11(8-10)15(2,3)4/h6-8,13,16H,5,9H2,1-4H3,(H,17,18). The number of hydrogen-bond donors (Lipinski definition) is 2. The predicted molar refractivity (Wildman–Crippen MR) is 73.6 cm³/mol. The van der Waals surface area contributed by atoms with Crippen LogP contribution in [0.15, 0.2) is 18.2 Å². The fourth-order valence-electron chi connectivity index (χ4n) is 1.94. The van der Waals surface area contributed by atoms with Gasteiger partial charge in [0.1, 0.15) is 5.75 Å². The van der Waals surface area contributed by atoms with E-state index in [0.29, 0.717) is 13.0 Å². The SMILES string of the molecule is CCOC(Cc1ccc(O)c(C(C)(C)C)c1)C(=O)O. The highest BCUT2D eigenvalue weighted by Gasteiger charge is 2.21. The van der Waals surface area contributed by atoms with Crippen LogP contribution >= 0.6 is 0 Å². The molecule has 19 heavy (non-hydrogen) atoms. The number of hydrogen-bond acceptors (Lipinski definition) is 3. The fraction of sp³-hybridized carbons (Fsp3) is 0.533. The molecule has 2 N–H and O–H groups in total. The zero-order valence-electron chi connectivity index (χ0n) is 11.9. The van der Waals surface area contributed by atoms with Crippen LogP contribution in [-0.4, -0.2) is 28.9 Å². The van der Waals surface area contributed by atoms with Crippen molar-refractivity contribution in [2.24, 2.45) is 0 Å². The Morgan fingerprint density at radius 2 is 2.00 bits per heavy atom. The summed E-state index contributed by atoms with van der Waals surface area (Å²) < 4.78 is 5.20. The Bertz CT molecular complexity index is 446. The van der Waals surface area contributed by atoms with Crippen LogP contribution in [0.4, 0.5) is 0 Å². The number of carboxylic acid groups (broad SMARTS) is 1. The summed E-state index contributed by atoms with van der Waals surface area (Å²) in [6.07, 6.45) is -0.547. The Morgan fingerprint density at radius 1 is 1.37 bits per heavy atom. The molecule has 0 aliphatic rings. The molecule has 0 heterocycles. The lowest BCUT2D eigenvalue weighted by atomic mass is 9.85. The number of carbonyl (C=O) groups is 1. The van der Waals surface area contributed by atoms with Gasteiger partial charge in [0.15, 0.2) is 6.10 Å². The van der Waals surface area contributed by atoms with Gasteiger partial charge in [0.2, 0.25) is 0 Å². The third-order valence-electron chi connectivity index (χ3n) is 2.93. The second-order valence-corrected chi connectivity index (χ2v) is 5.59. The van der Waals surface area contributed by atoms with E-state index in [9.17, 15) is 9.90 Å². The minimum atomic E-state index is -0.966. The minimum absolute atomic E-state index is 0.190. The number of carboxylic acids is 1. The van der Waals surface area contributed by atoms with E-state index in [1.807, 2.05) is 26.8 Å². The normalized spacial score (nSPS) is 13.3. The van der Waals surface area contributed by atoms with Gasteiger partial charge in [0.25, 0.3) is 0 Å². The Kier molecular flexibility index (Phi) is 4.95. The Morgan fingerprint density at radius 3 is 2.47 bits per heavy atom. The number of phenols is 1. The lowest BCUT2D eigenvalue weighted by Gasteiger charge is -2.22. The molecule has 4 heteroatoms. The molecule has 0 fully saturated rings. The maximum absolute atomic E-state index is 11.1. The molecule has 4 nitrogen and oxygen atoms in total. The van der Waals surface area contributed by atoms with E-state index in [1.165, 1.54) is 0 Å². The quantitative estimate of drug-likeness (QED) is 0.860. The monoisotopic (exact) mass is 266 g/mol. The van der Waals surface area contributed by atoms with Crippen molar-refractivity contribution >= 4 is 5.97 Å². The molecule has 1 aromatic carbocycles. The van der Waals surface area contributed by atoms with Gasteiger partial charge in [-0.15, -0.1) is 0 Å². The summed E-state index contributed by atoms with van der Waals surface area (Å²) in [5, 5.41) is 18.9. The van der Waals surface area contributed by atoms with Crippen LogP contribution in [0.2, 0.25) is 0 Å². The van der Waals surface area contributed by atoms with Gasteiger partial charge < -0.3 is 14.9 Å². The van der Waals surface area contributed by atoms with Crippen LogP contribution in [-0.2, 0) is 21.4 Å². The first-order valence-corrected chi connectivity index (χ1v) is 6.42. The lowest BCUT2D eigenvalue weighted by molar-refractivity contribution is -0.149. The van der Waals surface area contributed by atoms with Crippen LogP contribution in [0.25, 0.3) is 0 Å². The molecular weight excluding hydrogens is 244 g/mol. The van der Waals surface area contributed by atoms with Crippen LogP contribution in [0.3, 0.4) is 0 Å². The summed E-state index contributed by atoms with van der Waals surface area (Å²) in [6, 6.07) is 5.20. The highest BCUT2D eigenvalue weighted by atomic mass is 16.5. The van der Waals surface area contributed by atoms with Gasteiger partial charge in [-0.05, 0) is 29.5 Å². The number of rotatable bonds is 5. The molecule has 0 saturated carbocycles. The average molecular weight is 266 g/mol. The van der Waals surface area contributed by atoms with Crippen molar-refractivity contribution in [3.63, 3.8) is 0 Å². The van der Waals surface area contributed by atoms with Gasteiger partial charge >= 0.3 is 5.97 Å². The van der Waals surface area contributed by atoms with E-state index in [4.69, 9.17) is 9.84 Å². The molecule has 0 aliphatic carbocycles. The Labute approximate surface area is 114 Å². The highest BCUT2D eigenvalue weighted by molar-refractivity contribution is 5.72. The second-order valence-electron chi connectivity index (χ2n) is 5.59. The van der Waals surface area contributed by atoms with E-state index in [1.54, 1.807) is 19.1 Å². The van der Waals surface area contributed by atoms with Crippen molar-refractivity contribution in [2.75, 3.05) is 6.61 Å². The maximum atomic E-state index is 11.1. The van der Waals surface area contributed by atoms with E-state index in [-0.39, 0.29) is 11.2 Å². The molecule has 1 unspecified atom stereocenters. The van der Waals surface area contributed by atoms with Crippen LogP contribution in [0.5, 0.6) is 5.75 Å². The molecule has 0 radical (unpaired) electrons. The minimum Gasteiger partial charge on any atom is -0.508 e. The zero-order chi connectivity index (χ0) is 14.6. The first-order chi connectivity index (χ1) is 8.75. The van der Waals surface area contributed by atoms with Gasteiger partial charge in [0.05, 0.1) is 0 Å². The molecule has 1 rings (SSSR count). The summed E-state index contributed by atoms with van der Waals surface area (Å²) in [5.41, 5.74) is 1.47. The van der Waals surface area contributed by atoms with Gasteiger partial charge in [-0.2, -0.15) is 0 Å². The third-order valence-corrected chi connectivity index (χ3v) is 2.93. The predicted octanol–water partition coefficient (Wildman–Crippen LogP) is 2.72. The Hall–Kier alpha value is -1.55. The number of ether oxygens (including phenoxy) is 1. The lowest BCUT2D eigenvalue weighted by Crippen LogP contribution is -2.26. The van der Waals surface area contributed by atoms with Crippen LogP contribution < -0.4 is 0 Å². The molecule has 0 saturated heterocycles. The van der Waals surface area contributed by atoms with Gasteiger partial charge in [-0.1, -0.05) is 32.9 Å². The van der Waals surface area contributed by atoms with Gasteiger partial charge in [-0.25, -0.2) is 4.79 Å². The summed E-state index contributed by atoms with van der Waals surface area (Å²) in [7, 11) is 0. The van der Waals surface area contributed by atoms with Crippen molar-refractivity contribution in [2.45, 2.75) is 45.6 Å². The zero-order valence-corrected chi connectivity index (χ0v) is 11.9. The molecule has 0 spiro atoms. The van der Waals surface area contributed by atoms with Crippen molar-refractivity contribution in [3.8, 4) is 5.75 Å². The molecule has 1 atom stereocenters. The smallest absolute Gasteiger partial charge is 0.333 e. The maximum Gasteiger partial charge on any atom is 0.333 e. The Balaban J connectivity index is 2.99. The molecule has 1 aromatic rings. The highest BCUT2D eigenvalue weighted by Crippen LogP contribution is 2.31. The van der Waals surface area contributed by atoms with Crippen molar-refractivity contribution in [3.05, 3.63) is 29.3 Å². The summed E-state index contributed by atoms with van der Waals surface area (Å²) in [4.78, 5) is 11.1. The van der Waals surface area contributed by atoms with Crippen LogP contribution in [0, 0.1) is 0 Å². The topological polar surface area (TPSA) is 66.8 Å².